The number of aliphatic carboxylic acids is 1. The zero-order valence-electron chi connectivity index (χ0n) is 15.0. The zero-order valence-corrected chi connectivity index (χ0v) is 17.4. The Morgan fingerprint density at radius 1 is 1.46 bits per heavy atom. The van der Waals surface area contributed by atoms with E-state index in [1.165, 1.54) is 11.3 Å². The average Bonchev–Trinajstić information content (AvgIpc) is 3.19. The molecule has 0 aromatic carbocycles. The Kier molecular flexibility index (Phi) is 5.33. The fourth-order valence-electron chi connectivity index (χ4n) is 3.90. The van der Waals surface area contributed by atoms with Crippen LogP contribution in [0.25, 0.3) is 0 Å². The lowest BCUT2D eigenvalue weighted by Crippen LogP contribution is -2.41. The van der Waals surface area contributed by atoms with Crippen LogP contribution in [0.1, 0.15) is 38.6 Å². The number of likely N-dealkylation sites (tertiary alicyclic amines) is 1. The van der Waals surface area contributed by atoms with Crippen molar-refractivity contribution in [2.75, 3.05) is 19.7 Å². The number of hydrogen-bond donors (Lipinski definition) is 1. The summed E-state index contributed by atoms with van der Waals surface area (Å²) in [5.41, 5.74) is -1.32. The van der Waals surface area contributed by atoms with Gasteiger partial charge in [0.15, 0.2) is 0 Å². The number of rotatable bonds is 4. The van der Waals surface area contributed by atoms with Crippen molar-refractivity contribution in [3.63, 3.8) is 0 Å². The van der Waals surface area contributed by atoms with E-state index in [0.29, 0.717) is 24.1 Å². The largest absolute Gasteiger partial charge is 0.480 e. The van der Waals surface area contributed by atoms with Gasteiger partial charge in [-0.15, -0.1) is 11.3 Å². The number of ether oxygens (including phenoxy) is 2. The molecule has 2 aliphatic rings. The Morgan fingerprint density at radius 2 is 2.19 bits per heavy atom. The first-order chi connectivity index (χ1) is 12.1. The van der Waals surface area contributed by atoms with Crippen molar-refractivity contribution in [3.8, 4) is 0 Å². The number of halogens is 1. The van der Waals surface area contributed by atoms with Crippen LogP contribution in [0.5, 0.6) is 0 Å². The fourth-order valence-corrected chi connectivity index (χ4v) is 5.40. The summed E-state index contributed by atoms with van der Waals surface area (Å²) in [6, 6.07) is 0. The van der Waals surface area contributed by atoms with Crippen LogP contribution in [0.3, 0.4) is 0 Å². The number of carboxylic acid groups (broad SMARTS) is 1. The normalized spacial score (nSPS) is 28.2. The second kappa shape index (κ2) is 7.09. The van der Waals surface area contributed by atoms with Gasteiger partial charge in [0, 0.05) is 24.4 Å². The molecule has 9 heteroatoms. The highest BCUT2D eigenvalue weighted by molar-refractivity contribution is 9.10. The highest BCUT2D eigenvalue weighted by atomic mass is 79.9. The third-order valence-corrected chi connectivity index (χ3v) is 6.58. The summed E-state index contributed by atoms with van der Waals surface area (Å²) in [5.74, 6) is -0.753. The Balaban J connectivity index is 1.83. The first kappa shape index (κ1) is 19.6. The molecule has 0 spiro atoms. The number of fused-ring (bicyclic) bond motifs is 1. The molecule has 1 amide bonds. The van der Waals surface area contributed by atoms with Crippen LogP contribution in [-0.2, 0) is 19.9 Å². The lowest BCUT2D eigenvalue weighted by Gasteiger charge is -2.33. The molecule has 7 nitrogen and oxygen atoms in total. The van der Waals surface area contributed by atoms with Gasteiger partial charge in [-0.05, 0) is 55.5 Å². The van der Waals surface area contributed by atoms with Crippen LogP contribution in [-0.4, -0.2) is 52.4 Å². The zero-order chi connectivity index (χ0) is 19.1. The Morgan fingerprint density at radius 3 is 2.77 bits per heavy atom. The Labute approximate surface area is 164 Å². The van der Waals surface area contributed by atoms with Gasteiger partial charge in [-0.1, -0.05) is 0 Å². The van der Waals surface area contributed by atoms with Crippen molar-refractivity contribution in [3.05, 3.63) is 15.0 Å². The smallest absolute Gasteiger partial charge is 0.410 e. The maximum atomic E-state index is 12.5. The molecule has 1 N–H and O–H groups in total. The van der Waals surface area contributed by atoms with E-state index in [1.54, 1.807) is 4.90 Å². The second-order valence-corrected chi connectivity index (χ2v) is 9.51. The van der Waals surface area contributed by atoms with Crippen molar-refractivity contribution >= 4 is 39.3 Å². The maximum Gasteiger partial charge on any atom is 0.410 e. The standard InChI is InChI=1S/C17H23BrN2O5S/c1-16(2,3)25-15(23)20-6-10-4-5-17(11(10)7-20,24-8-13(21)22)14-19-12(18)9-26-14/h9-11H,4-8H2,1-3H3,(H,21,22). The van der Waals surface area contributed by atoms with E-state index in [2.05, 4.69) is 20.9 Å². The molecule has 1 aliphatic heterocycles. The van der Waals surface area contributed by atoms with Crippen molar-refractivity contribution in [2.45, 2.75) is 44.8 Å². The van der Waals surface area contributed by atoms with Crippen LogP contribution < -0.4 is 0 Å². The number of thiazole rings is 1. The molecular weight excluding hydrogens is 424 g/mol. The number of carbonyl (C=O) groups excluding carboxylic acids is 1. The Bertz CT molecular complexity index is 704. The summed E-state index contributed by atoms with van der Waals surface area (Å²) in [6.07, 6.45) is 1.23. The highest BCUT2D eigenvalue weighted by Crippen LogP contribution is 2.53. The lowest BCUT2D eigenvalue weighted by molar-refractivity contribution is -0.154. The van der Waals surface area contributed by atoms with E-state index in [4.69, 9.17) is 14.6 Å². The molecule has 2 heterocycles. The van der Waals surface area contributed by atoms with Gasteiger partial charge in [0.1, 0.15) is 27.4 Å². The van der Waals surface area contributed by atoms with E-state index in [-0.39, 0.29) is 24.5 Å². The molecule has 1 saturated carbocycles. The molecular formula is C17H23BrN2O5S. The van der Waals surface area contributed by atoms with E-state index >= 15 is 0 Å². The number of carboxylic acids is 1. The van der Waals surface area contributed by atoms with Crippen molar-refractivity contribution in [1.29, 1.82) is 0 Å². The monoisotopic (exact) mass is 446 g/mol. The van der Waals surface area contributed by atoms with Crippen LogP contribution >= 0.6 is 27.3 Å². The molecule has 26 heavy (non-hydrogen) atoms. The van der Waals surface area contributed by atoms with Gasteiger partial charge in [0.05, 0.1) is 0 Å². The molecule has 1 aromatic rings. The first-order valence-corrected chi connectivity index (χ1v) is 10.2. The van der Waals surface area contributed by atoms with Gasteiger partial charge in [-0.3, -0.25) is 0 Å². The van der Waals surface area contributed by atoms with Crippen LogP contribution in [0.2, 0.25) is 0 Å². The quantitative estimate of drug-likeness (QED) is 0.761. The van der Waals surface area contributed by atoms with Crippen LogP contribution in [0, 0.1) is 11.8 Å². The minimum atomic E-state index is -1.01. The lowest BCUT2D eigenvalue weighted by atomic mass is 9.88. The Hall–Kier alpha value is -1.19. The summed E-state index contributed by atoms with van der Waals surface area (Å²) in [4.78, 5) is 29.8. The third kappa shape index (κ3) is 3.89. The predicted molar refractivity (Wildman–Crippen MR) is 99.1 cm³/mol. The van der Waals surface area contributed by atoms with Crippen LogP contribution in [0.15, 0.2) is 9.98 Å². The number of nitrogens with zero attached hydrogens (tertiary/aromatic N) is 2. The number of aromatic nitrogens is 1. The number of carbonyl (C=O) groups is 2. The summed E-state index contributed by atoms with van der Waals surface area (Å²) < 4.78 is 12.1. The van der Waals surface area contributed by atoms with Crippen LogP contribution in [0.4, 0.5) is 4.79 Å². The van der Waals surface area contributed by atoms with Gasteiger partial charge >= 0.3 is 12.1 Å². The molecule has 3 rings (SSSR count). The van der Waals surface area contributed by atoms with Gasteiger partial charge < -0.3 is 19.5 Å². The molecule has 144 valence electrons. The molecule has 2 fully saturated rings. The summed E-state index contributed by atoms with van der Waals surface area (Å²) >= 11 is 4.82. The summed E-state index contributed by atoms with van der Waals surface area (Å²) in [6.45, 7) is 6.23. The van der Waals surface area contributed by atoms with Crippen molar-refractivity contribution in [1.82, 2.24) is 9.88 Å². The molecule has 1 aromatic heterocycles. The maximum absolute atomic E-state index is 12.5. The first-order valence-electron chi connectivity index (χ1n) is 8.56. The van der Waals surface area contributed by atoms with Crippen molar-refractivity contribution < 1.29 is 24.2 Å². The van der Waals surface area contributed by atoms with Gasteiger partial charge in [-0.2, -0.15) is 0 Å². The molecule has 1 saturated heterocycles. The number of amides is 1. The topological polar surface area (TPSA) is 89.0 Å². The SMILES string of the molecule is CC(C)(C)OC(=O)N1CC2CCC(OCC(=O)O)(c3nc(Br)cs3)C2C1. The summed E-state index contributed by atoms with van der Waals surface area (Å²) in [5, 5.41) is 11.8. The van der Waals surface area contributed by atoms with Gasteiger partial charge in [0.2, 0.25) is 0 Å². The molecule has 3 atom stereocenters. The summed E-state index contributed by atoms with van der Waals surface area (Å²) in [7, 11) is 0. The number of hydrogen-bond acceptors (Lipinski definition) is 6. The fraction of sp³-hybridized carbons (Fsp3) is 0.706. The molecule has 0 bridgehead atoms. The minimum absolute atomic E-state index is 0.00687. The highest BCUT2D eigenvalue weighted by Gasteiger charge is 2.57. The molecule has 3 unspecified atom stereocenters. The van der Waals surface area contributed by atoms with E-state index in [0.717, 1.165) is 11.4 Å². The van der Waals surface area contributed by atoms with E-state index in [1.807, 2.05) is 26.2 Å². The third-order valence-electron chi connectivity index (χ3n) is 4.87. The second-order valence-electron chi connectivity index (χ2n) is 7.84. The minimum Gasteiger partial charge on any atom is -0.480 e. The molecule has 0 radical (unpaired) electrons. The van der Waals surface area contributed by atoms with Crippen molar-refractivity contribution in [2.24, 2.45) is 11.8 Å². The van der Waals surface area contributed by atoms with Gasteiger partial charge in [-0.25, -0.2) is 14.6 Å². The van der Waals surface area contributed by atoms with E-state index < -0.39 is 17.2 Å². The van der Waals surface area contributed by atoms with Gasteiger partial charge in [0.25, 0.3) is 0 Å². The average molecular weight is 447 g/mol. The van der Waals surface area contributed by atoms with E-state index in [9.17, 15) is 9.59 Å². The molecule has 1 aliphatic carbocycles. The predicted octanol–water partition coefficient (Wildman–Crippen LogP) is 3.48.